The Balaban J connectivity index is 2.39. The van der Waals surface area contributed by atoms with Crippen molar-refractivity contribution in [1.82, 2.24) is 5.32 Å². The van der Waals surface area contributed by atoms with E-state index in [9.17, 15) is 4.79 Å². The first-order valence-electron chi connectivity index (χ1n) is 2.80. The van der Waals surface area contributed by atoms with Crippen molar-refractivity contribution < 1.29 is 9.53 Å². The molecule has 3 nitrogen and oxygen atoms in total. The Morgan fingerprint density at radius 2 is 2.67 bits per heavy atom. The highest BCUT2D eigenvalue weighted by molar-refractivity contribution is 6.19. The maximum absolute atomic E-state index is 10.7. The van der Waals surface area contributed by atoms with E-state index in [1.165, 1.54) is 0 Å². The van der Waals surface area contributed by atoms with Gasteiger partial charge in [0.1, 0.15) is 6.10 Å². The minimum atomic E-state index is -0.430. The summed E-state index contributed by atoms with van der Waals surface area (Å²) in [4.78, 5) is 10.7. The number of carbonyl (C=O) groups excluding carboxylic acids is 1. The minimum Gasteiger partial charge on any atom is -0.365 e. The molecule has 0 aromatic rings. The summed E-state index contributed by atoms with van der Waals surface area (Å²) in [6.07, 6.45) is -0.430. The molecule has 9 heavy (non-hydrogen) atoms. The van der Waals surface area contributed by atoms with Gasteiger partial charge in [0.25, 0.3) is 0 Å². The number of morpholine rings is 1. The molecule has 1 fully saturated rings. The van der Waals surface area contributed by atoms with E-state index in [-0.39, 0.29) is 11.8 Å². The first-order chi connectivity index (χ1) is 4.34. The van der Waals surface area contributed by atoms with Crippen molar-refractivity contribution in [2.24, 2.45) is 0 Å². The molecule has 0 aromatic carbocycles. The van der Waals surface area contributed by atoms with Gasteiger partial charge in [-0.15, -0.1) is 11.6 Å². The number of alkyl halides is 1. The summed E-state index contributed by atoms with van der Waals surface area (Å²) >= 11 is 5.39. The molecule has 0 saturated carbocycles. The Morgan fingerprint density at radius 1 is 1.89 bits per heavy atom. The van der Waals surface area contributed by atoms with Crippen LogP contribution in [0.5, 0.6) is 0 Å². The molecule has 4 heteroatoms. The van der Waals surface area contributed by atoms with Gasteiger partial charge in [-0.3, -0.25) is 4.79 Å². The standard InChI is InChI=1S/C5H8ClNO2/c6-3-4-5(8)7-1-2-9-4/h4H,1-3H2,(H,7,8). The first-order valence-corrected chi connectivity index (χ1v) is 3.33. The normalized spacial score (nSPS) is 27.7. The lowest BCUT2D eigenvalue weighted by atomic mass is 10.3. The molecule has 52 valence electrons. The first kappa shape index (κ1) is 6.83. The SMILES string of the molecule is O=C1NCCOC1CCl. The average molecular weight is 150 g/mol. The second-order valence-electron chi connectivity index (χ2n) is 1.80. The van der Waals surface area contributed by atoms with Gasteiger partial charge in [0.15, 0.2) is 0 Å². The summed E-state index contributed by atoms with van der Waals surface area (Å²) in [5, 5.41) is 2.63. The van der Waals surface area contributed by atoms with Crippen LogP contribution in [0.2, 0.25) is 0 Å². The van der Waals surface area contributed by atoms with Gasteiger partial charge in [-0.05, 0) is 0 Å². The van der Waals surface area contributed by atoms with Gasteiger partial charge >= 0.3 is 0 Å². The van der Waals surface area contributed by atoms with Crippen LogP contribution in [0.3, 0.4) is 0 Å². The predicted molar refractivity (Wildman–Crippen MR) is 33.5 cm³/mol. The molecular formula is C5H8ClNO2. The van der Waals surface area contributed by atoms with Gasteiger partial charge in [0, 0.05) is 6.54 Å². The van der Waals surface area contributed by atoms with Crippen molar-refractivity contribution in [2.45, 2.75) is 6.10 Å². The fraction of sp³-hybridized carbons (Fsp3) is 0.800. The van der Waals surface area contributed by atoms with E-state index in [0.717, 1.165) is 0 Å². The van der Waals surface area contributed by atoms with Gasteiger partial charge < -0.3 is 10.1 Å². The minimum absolute atomic E-state index is 0.101. The molecule has 1 N–H and O–H groups in total. The molecule has 1 rings (SSSR count). The Hall–Kier alpha value is -0.280. The highest BCUT2D eigenvalue weighted by Crippen LogP contribution is 1.98. The predicted octanol–water partition coefficient (Wildman–Crippen LogP) is -0.260. The molecule has 1 aliphatic rings. The van der Waals surface area contributed by atoms with Crippen LogP contribution >= 0.6 is 11.6 Å². The zero-order valence-electron chi connectivity index (χ0n) is 4.89. The molecule has 1 heterocycles. The number of amides is 1. The number of hydrogen-bond donors (Lipinski definition) is 1. The number of halogens is 1. The number of rotatable bonds is 1. The van der Waals surface area contributed by atoms with Crippen LogP contribution < -0.4 is 5.32 Å². The molecule has 0 radical (unpaired) electrons. The van der Waals surface area contributed by atoms with E-state index in [1.807, 2.05) is 0 Å². The third-order valence-corrected chi connectivity index (χ3v) is 1.43. The number of hydrogen-bond acceptors (Lipinski definition) is 2. The molecule has 0 aromatic heterocycles. The number of ether oxygens (including phenoxy) is 1. The zero-order valence-corrected chi connectivity index (χ0v) is 5.65. The topological polar surface area (TPSA) is 38.3 Å². The molecule has 1 aliphatic heterocycles. The average Bonchev–Trinajstić information content (AvgIpc) is 1.89. The highest BCUT2D eigenvalue weighted by atomic mass is 35.5. The van der Waals surface area contributed by atoms with Crippen molar-refractivity contribution in [2.75, 3.05) is 19.0 Å². The summed E-state index contributed by atoms with van der Waals surface area (Å²) in [6, 6.07) is 0. The number of carbonyl (C=O) groups is 1. The fourth-order valence-electron chi connectivity index (χ4n) is 0.680. The van der Waals surface area contributed by atoms with Gasteiger partial charge in [0.05, 0.1) is 12.5 Å². The van der Waals surface area contributed by atoms with Gasteiger partial charge in [0.2, 0.25) is 5.91 Å². The van der Waals surface area contributed by atoms with E-state index in [1.54, 1.807) is 0 Å². The van der Waals surface area contributed by atoms with Crippen molar-refractivity contribution >= 4 is 17.5 Å². The Kier molecular flexibility index (Phi) is 2.30. The Labute approximate surface area is 58.3 Å². The van der Waals surface area contributed by atoms with Crippen LogP contribution in [0.25, 0.3) is 0 Å². The molecule has 0 spiro atoms. The summed E-state index contributed by atoms with van der Waals surface area (Å²) in [6.45, 7) is 1.18. The van der Waals surface area contributed by atoms with Crippen LogP contribution in [-0.4, -0.2) is 31.0 Å². The lowest BCUT2D eigenvalue weighted by molar-refractivity contribution is -0.135. The maximum atomic E-state index is 10.7. The Bertz CT molecular complexity index is 118. The monoisotopic (exact) mass is 149 g/mol. The lowest BCUT2D eigenvalue weighted by Gasteiger charge is -2.19. The van der Waals surface area contributed by atoms with Gasteiger partial charge in [-0.2, -0.15) is 0 Å². The van der Waals surface area contributed by atoms with Gasteiger partial charge in [-0.25, -0.2) is 0 Å². The van der Waals surface area contributed by atoms with Crippen molar-refractivity contribution in [3.63, 3.8) is 0 Å². The third-order valence-electron chi connectivity index (χ3n) is 1.15. The van der Waals surface area contributed by atoms with Crippen LogP contribution in [0.4, 0.5) is 0 Å². The van der Waals surface area contributed by atoms with Crippen LogP contribution in [-0.2, 0) is 9.53 Å². The Morgan fingerprint density at radius 3 is 3.11 bits per heavy atom. The summed E-state index contributed by atoms with van der Waals surface area (Å²) < 4.78 is 5.00. The summed E-state index contributed by atoms with van der Waals surface area (Å²) in [7, 11) is 0. The van der Waals surface area contributed by atoms with Crippen LogP contribution in [0.15, 0.2) is 0 Å². The van der Waals surface area contributed by atoms with Crippen molar-refractivity contribution in [1.29, 1.82) is 0 Å². The summed E-state index contributed by atoms with van der Waals surface area (Å²) in [5.74, 6) is 0.141. The van der Waals surface area contributed by atoms with Gasteiger partial charge in [-0.1, -0.05) is 0 Å². The molecule has 1 saturated heterocycles. The molecule has 1 amide bonds. The van der Waals surface area contributed by atoms with E-state index >= 15 is 0 Å². The zero-order chi connectivity index (χ0) is 6.69. The third kappa shape index (κ3) is 1.56. The summed E-state index contributed by atoms with van der Waals surface area (Å²) in [5.41, 5.74) is 0. The van der Waals surface area contributed by atoms with E-state index < -0.39 is 6.10 Å². The molecule has 1 atom stereocenters. The quantitative estimate of drug-likeness (QED) is 0.522. The molecule has 0 bridgehead atoms. The van der Waals surface area contributed by atoms with E-state index in [0.29, 0.717) is 13.2 Å². The van der Waals surface area contributed by atoms with E-state index in [4.69, 9.17) is 16.3 Å². The highest BCUT2D eigenvalue weighted by Gasteiger charge is 2.20. The second kappa shape index (κ2) is 3.03. The van der Waals surface area contributed by atoms with Crippen molar-refractivity contribution in [3.05, 3.63) is 0 Å². The van der Waals surface area contributed by atoms with Crippen LogP contribution in [0, 0.1) is 0 Å². The second-order valence-corrected chi connectivity index (χ2v) is 2.11. The molecule has 0 aliphatic carbocycles. The molecule has 1 unspecified atom stereocenters. The number of nitrogens with one attached hydrogen (secondary N) is 1. The maximum Gasteiger partial charge on any atom is 0.250 e. The molecular weight excluding hydrogens is 142 g/mol. The lowest BCUT2D eigenvalue weighted by Crippen LogP contribution is -2.45. The van der Waals surface area contributed by atoms with Crippen LogP contribution in [0.1, 0.15) is 0 Å². The van der Waals surface area contributed by atoms with E-state index in [2.05, 4.69) is 5.32 Å². The smallest absolute Gasteiger partial charge is 0.250 e. The largest absolute Gasteiger partial charge is 0.365 e. The van der Waals surface area contributed by atoms with Crippen molar-refractivity contribution in [3.8, 4) is 0 Å². The fourth-order valence-corrected chi connectivity index (χ4v) is 0.909.